The summed E-state index contributed by atoms with van der Waals surface area (Å²) in [6.45, 7) is 4.14. The molecule has 1 N–H and O–H groups in total. The second kappa shape index (κ2) is 8.91. The van der Waals surface area contributed by atoms with Crippen LogP contribution in [-0.4, -0.2) is 21.8 Å². The van der Waals surface area contributed by atoms with Gasteiger partial charge in [0.2, 0.25) is 0 Å². The molecule has 1 aromatic heterocycles. The van der Waals surface area contributed by atoms with Gasteiger partial charge in [-0.25, -0.2) is 9.37 Å². The third-order valence-electron chi connectivity index (χ3n) is 6.03. The van der Waals surface area contributed by atoms with Gasteiger partial charge in [0.25, 0.3) is 5.78 Å². The number of aliphatic hydroxyl groups excluding tert-OH is 1. The lowest BCUT2D eigenvalue weighted by Gasteiger charge is -2.23. The van der Waals surface area contributed by atoms with Crippen molar-refractivity contribution in [1.82, 2.24) is 4.98 Å². The number of hydrogen-bond donors (Lipinski definition) is 1. The molecule has 5 nitrogen and oxygen atoms in total. The third-order valence-corrected chi connectivity index (χ3v) is 7.30. The summed E-state index contributed by atoms with van der Waals surface area (Å²) >= 11 is 7.10. The van der Waals surface area contributed by atoms with Crippen LogP contribution in [0.3, 0.4) is 0 Å². The fourth-order valence-electron chi connectivity index (χ4n) is 4.16. The highest BCUT2D eigenvalue weighted by molar-refractivity contribution is 7.22. The fourth-order valence-corrected chi connectivity index (χ4v) is 5.30. The minimum absolute atomic E-state index is 0.0416. The van der Waals surface area contributed by atoms with E-state index in [1.165, 1.54) is 23.1 Å². The molecule has 1 amide bonds. The number of nitrogens with zero attached hydrogens (tertiary/aromatic N) is 2. The van der Waals surface area contributed by atoms with E-state index in [9.17, 15) is 19.1 Å². The number of anilines is 1. The van der Waals surface area contributed by atoms with Crippen LogP contribution in [0.25, 0.3) is 16.0 Å². The van der Waals surface area contributed by atoms with Crippen LogP contribution in [0.1, 0.15) is 42.5 Å². The summed E-state index contributed by atoms with van der Waals surface area (Å²) in [7, 11) is 0. The first-order valence-electron chi connectivity index (χ1n) is 11.0. The van der Waals surface area contributed by atoms with Crippen molar-refractivity contribution in [1.29, 1.82) is 0 Å². The molecule has 0 radical (unpaired) electrons. The summed E-state index contributed by atoms with van der Waals surface area (Å²) in [4.78, 5) is 32.4. The highest BCUT2D eigenvalue weighted by Gasteiger charge is 2.48. The number of carbonyl (C=O) groups is 2. The zero-order valence-corrected chi connectivity index (χ0v) is 20.4. The summed E-state index contributed by atoms with van der Waals surface area (Å²) in [6.07, 6.45) is 0. The monoisotopic (exact) mass is 506 g/mol. The molecular formula is C27H20ClFN2O3S. The number of rotatable bonds is 4. The zero-order chi connectivity index (χ0) is 24.9. The van der Waals surface area contributed by atoms with Gasteiger partial charge in [-0.3, -0.25) is 14.5 Å². The molecule has 1 saturated heterocycles. The number of benzene rings is 3. The van der Waals surface area contributed by atoms with E-state index in [1.54, 1.807) is 24.3 Å². The van der Waals surface area contributed by atoms with Gasteiger partial charge in [0.15, 0.2) is 5.13 Å². The number of aliphatic hydroxyl groups is 1. The predicted octanol–water partition coefficient (Wildman–Crippen LogP) is 6.84. The van der Waals surface area contributed by atoms with Crippen molar-refractivity contribution in [3.05, 3.63) is 99.8 Å². The molecule has 0 saturated carbocycles. The van der Waals surface area contributed by atoms with Crippen LogP contribution in [-0.2, 0) is 9.59 Å². The van der Waals surface area contributed by atoms with Gasteiger partial charge in [-0.05, 0) is 59.5 Å². The molecule has 4 aromatic rings. The Hall–Kier alpha value is -3.55. The Balaban J connectivity index is 1.71. The first-order valence-corrected chi connectivity index (χ1v) is 12.2. The van der Waals surface area contributed by atoms with E-state index in [1.807, 2.05) is 24.3 Å². The lowest BCUT2D eigenvalue weighted by atomic mass is 9.93. The normalized spacial score (nSPS) is 17.6. The molecule has 8 heteroatoms. The number of fused-ring (bicyclic) bond motifs is 1. The molecule has 1 atom stereocenters. The average Bonchev–Trinajstić information content (AvgIpc) is 3.37. The van der Waals surface area contributed by atoms with Gasteiger partial charge >= 0.3 is 5.91 Å². The van der Waals surface area contributed by atoms with Crippen LogP contribution in [0.4, 0.5) is 9.52 Å². The third kappa shape index (κ3) is 4.11. The molecule has 2 heterocycles. The second-order valence-electron chi connectivity index (χ2n) is 8.61. The first kappa shape index (κ1) is 23.2. The van der Waals surface area contributed by atoms with Gasteiger partial charge in [0.05, 0.1) is 21.8 Å². The Labute approximate surface area is 210 Å². The van der Waals surface area contributed by atoms with Gasteiger partial charge in [-0.1, -0.05) is 61.1 Å². The highest BCUT2D eigenvalue weighted by Crippen LogP contribution is 2.44. The van der Waals surface area contributed by atoms with Crippen LogP contribution in [0, 0.1) is 5.82 Å². The Morgan fingerprint density at radius 2 is 1.74 bits per heavy atom. The standard InChI is InChI=1S/C27H20ClFN2O3S/c1-14(2)15-3-5-16(6-4-15)23-22(24(32)17-7-9-18(28)10-8-17)25(33)26(34)31(23)27-30-20-12-11-19(29)13-21(20)35-27/h3-14,23,32H,1-2H3. The Kier molecular flexibility index (Phi) is 5.91. The Bertz CT molecular complexity index is 1490. The molecule has 1 aliphatic heterocycles. The van der Waals surface area contributed by atoms with Crippen molar-refractivity contribution >= 4 is 55.7 Å². The molecule has 1 aliphatic rings. The van der Waals surface area contributed by atoms with Crippen LogP contribution >= 0.6 is 22.9 Å². The minimum atomic E-state index is -0.905. The van der Waals surface area contributed by atoms with Crippen LogP contribution in [0.2, 0.25) is 5.02 Å². The number of thiazole rings is 1. The minimum Gasteiger partial charge on any atom is -0.507 e. The van der Waals surface area contributed by atoms with Crippen LogP contribution in [0.5, 0.6) is 0 Å². The van der Waals surface area contributed by atoms with Gasteiger partial charge in [-0.2, -0.15) is 0 Å². The number of amides is 1. The molecule has 0 bridgehead atoms. The maximum absolute atomic E-state index is 13.8. The number of aromatic nitrogens is 1. The number of hydrogen-bond acceptors (Lipinski definition) is 5. The molecule has 1 fully saturated rings. The topological polar surface area (TPSA) is 70.5 Å². The van der Waals surface area contributed by atoms with E-state index >= 15 is 0 Å². The SMILES string of the molecule is CC(C)c1ccc(C2C(=C(O)c3ccc(Cl)cc3)C(=O)C(=O)N2c2nc3ccc(F)cc3s2)cc1. The molecule has 176 valence electrons. The van der Waals surface area contributed by atoms with Crippen molar-refractivity contribution in [3.8, 4) is 0 Å². The number of carbonyl (C=O) groups excluding carboxylic acids is 2. The molecule has 1 unspecified atom stereocenters. The maximum atomic E-state index is 13.8. The summed E-state index contributed by atoms with van der Waals surface area (Å²) in [5.74, 6) is -2.05. The second-order valence-corrected chi connectivity index (χ2v) is 10.1. The van der Waals surface area contributed by atoms with Gasteiger partial charge < -0.3 is 5.11 Å². The summed E-state index contributed by atoms with van der Waals surface area (Å²) in [5, 5.41) is 11.9. The summed E-state index contributed by atoms with van der Waals surface area (Å²) in [5.41, 5.74) is 2.58. The smallest absolute Gasteiger partial charge is 0.301 e. The van der Waals surface area contributed by atoms with Crippen molar-refractivity contribution in [2.45, 2.75) is 25.8 Å². The summed E-state index contributed by atoms with van der Waals surface area (Å²) < 4.78 is 14.3. The van der Waals surface area contributed by atoms with Crippen molar-refractivity contribution in [3.63, 3.8) is 0 Å². The Morgan fingerprint density at radius 3 is 2.40 bits per heavy atom. The van der Waals surface area contributed by atoms with E-state index in [0.717, 1.165) is 16.9 Å². The molecule has 0 aliphatic carbocycles. The summed E-state index contributed by atoms with van der Waals surface area (Å²) in [6, 6.07) is 17.2. The molecular weight excluding hydrogens is 487 g/mol. The average molecular weight is 507 g/mol. The first-order chi connectivity index (χ1) is 16.7. The van der Waals surface area contributed by atoms with Crippen molar-refractivity contribution in [2.75, 3.05) is 4.90 Å². The van der Waals surface area contributed by atoms with Gasteiger partial charge in [0.1, 0.15) is 11.6 Å². The quantitative estimate of drug-likeness (QED) is 0.187. The van der Waals surface area contributed by atoms with Gasteiger partial charge in [0, 0.05) is 10.6 Å². The van der Waals surface area contributed by atoms with Gasteiger partial charge in [-0.15, -0.1) is 0 Å². The van der Waals surface area contributed by atoms with E-state index in [2.05, 4.69) is 18.8 Å². The van der Waals surface area contributed by atoms with Crippen molar-refractivity contribution in [2.24, 2.45) is 0 Å². The lowest BCUT2D eigenvalue weighted by molar-refractivity contribution is -0.132. The molecule has 35 heavy (non-hydrogen) atoms. The van der Waals surface area contributed by atoms with Crippen molar-refractivity contribution < 1.29 is 19.1 Å². The fraction of sp³-hybridized carbons (Fsp3) is 0.148. The Morgan fingerprint density at radius 1 is 1.06 bits per heavy atom. The highest BCUT2D eigenvalue weighted by atomic mass is 35.5. The predicted molar refractivity (Wildman–Crippen MR) is 136 cm³/mol. The van der Waals surface area contributed by atoms with E-state index in [4.69, 9.17) is 11.6 Å². The molecule has 3 aromatic carbocycles. The van der Waals surface area contributed by atoms with E-state index < -0.39 is 23.5 Å². The number of ketones is 1. The zero-order valence-electron chi connectivity index (χ0n) is 18.8. The largest absolute Gasteiger partial charge is 0.507 e. The lowest BCUT2D eigenvalue weighted by Crippen LogP contribution is -2.29. The maximum Gasteiger partial charge on any atom is 0.301 e. The molecule has 5 rings (SSSR count). The van der Waals surface area contributed by atoms with Crippen LogP contribution < -0.4 is 4.90 Å². The number of halogens is 2. The number of Topliss-reactive ketones (excluding diaryl/α,β-unsaturated/α-hetero) is 1. The molecule has 0 spiro atoms. The van der Waals surface area contributed by atoms with E-state index in [0.29, 0.717) is 32.3 Å². The van der Waals surface area contributed by atoms with Crippen LogP contribution in [0.15, 0.2) is 72.3 Å². The van der Waals surface area contributed by atoms with E-state index in [-0.39, 0.29) is 16.5 Å².